The number of nitrogens with one attached hydrogen (secondary N) is 1. The van der Waals surface area contributed by atoms with Crippen LogP contribution in [0.15, 0.2) is 39.4 Å². The van der Waals surface area contributed by atoms with Crippen LogP contribution in [0.25, 0.3) is 0 Å². The largest absolute Gasteiger partial charge is 0.367 e. The van der Waals surface area contributed by atoms with E-state index in [4.69, 9.17) is 15.5 Å². The van der Waals surface area contributed by atoms with Gasteiger partial charge < -0.3 is 5.73 Å². The zero-order valence-electron chi connectivity index (χ0n) is 13.6. The van der Waals surface area contributed by atoms with Crippen molar-refractivity contribution in [3.63, 3.8) is 0 Å². The van der Waals surface area contributed by atoms with Gasteiger partial charge in [-0.25, -0.2) is 5.48 Å². The standard InChI is InChI=1S/C8H16N4O.C7H8O3S/c9-8(12-13)11-10-6-7-4-2-1-3-5-7;1-6-2-4-7(5-3-6)11(8,9)10/h6-7,13H,1-5H2,(H3,9,11,12);2-5H,1H3,(H,8,9,10)/b10-6+;. The van der Waals surface area contributed by atoms with Crippen LogP contribution >= 0.6 is 0 Å². The van der Waals surface area contributed by atoms with Gasteiger partial charge in [-0.2, -0.15) is 13.5 Å². The van der Waals surface area contributed by atoms with Crippen molar-refractivity contribution in [3.8, 4) is 0 Å². The number of hydrogen-bond donors (Lipinski definition) is 4. The fraction of sp³-hybridized carbons (Fsp3) is 0.467. The monoisotopic (exact) mass is 356 g/mol. The molecule has 0 heterocycles. The molecular weight excluding hydrogens is 332 g/mol. The van der Waals surface area contributed by atoms with Crippen molar-refractivity contribution < 1.29 is 18.2 Å². The van der Waals surface area contributed by atoms with Crippen molar-refractivity contribution >= 4 is 22.3 Å². The fourth-order valence-corrected chi connectivity index (χ4v) is 2.69. The Morgan fingerprint density at radius 3 is 2.33 bits per heavy atom. The summed E-state index contributed by atoms with van der Waals surface area (Å²) in [5.41, 5.74) is 7.84. The van der Waals surface area contributed by atoms with Gasteiger partial charge in [0.2, 0.25) is 5.96 Å². The maximum atomic E-state index is 10.5. The summed E-state index contributed by atoms with van der Waals surface area (Å²) in [7, 11) is -4.02. The van der Waals surface area contributed by atoms with E-state index in [1.807, 2.05) is 13.1 Å². The Morgan fingerprint density at radius 2 is 1.83 bits per heavy atom. The lowest BCUT2D eigenvalue weighted by Gasteiger charge is -2.16. The number of guanidine groups is 1. The zero-order valence-corrected chi connectivity index (χ0v) is 14.4. The highest BCUT2D eigenvalue weighted by Gasteiger charge is 2.10. The normalized spacial score (nSPS) is 16.5. The van der Waals surface area contributed by atoms with Crippen LogP contribution in [0.5, 0.6) is 0 Å². The predicted octanol–water partition coefficient (Wildman–Crippen LogP) is 2.09. The van der Waals surface area contributed by atoms with Crippen LogP contribution in [0.2, 0.25) is 0 Å². The van der Waals surface area contributed by atoms with Crippen LogP contribution in [-0.4, -0.2) is 30.4 Å². The van der Waals surface area contributed by atoms with Crippen LogP contribution in [0, 0.1) is 12.8 Å². The number of rotatable bonds is 3. The van der Waals surface area contributed by atoms with Gasteiger partial charge in [0, 0.05) is 6.21 Å². The van der Waals surface area contributed by atoms with Crippen LogP contribution in [0.3, 0.4) is 0 Å². The van der Waals surface area contributed by atoms with E-state index in [0.29, 0.717) is 5.92 Å². The van der Waals surface area contributed by atoms with Crippen LogP contribution in [0.4, 0.5) is 0 Å². The van der Waals surface area contributed by atoms with E-state index in [2.05, 4.69) is 10.2 Å². The van der Waals surface area contributed by atoms with E-state index in [1.54, 1.807) is 17.6 Å². The molecule has 134 valence electrons. The molecule has 1 aromatic rings. The number of aryl methyl sites for hydroxylation is 1. The first kappa shape index (κ1) is 20.1. The Hall–Kier alpha value is -1.97. The van der Waals surface area contributed by atoms with Crippen molar-refractivity contribution in [1.29, 1.82) is 0 Å². The first-order valence-corrected chi connectivity index (χ1v) is 9.08. The highest BCUT2D eigenvalue weighted by molar-refractivity contribution is 7.85. The molecular formula is C15H24N4O4S. The van der Waals surface area contributed by atoms with Crippen LogP contribution in [-0.2, 0) is 10.1 Å². The summed E-state index contributed by atoms with van der Waals surface area (Å²) in [4.78, 5) is -0.0666. The second-order valence-electron chi connectivity index (χ2n) is 5.55. The molecule has 1 aliphatic carbocycles. The van der Waals surface area contributed by atoms with Crippen molar-refractivity contribution in [2.75, 3.05) is 0 Å². The number of hydroxylamine groups is 1. The molecule has 5 N–H and O–H groups in total. The average molecular weight is 356 g/mol. The van der Waals surface area contributed by atoms with E-state index in [0.717, 1.165) is 5.56 Å². The maximum absolute atomic E-state index is 10.5. The molecule has 2 rings (SSSR count). The van der Waals surface area contributed by atoms with Crippen LogP contribution in [0.1, 0.15) is 37.7 Å². The molecule has 1 saturated carbocycles. The van der Waals surface area contributed by atoms with Crippen molar-refractivity contribution in [1.82, 2.24) is 5.48 Å². The lowest BCUT2D eigenvalue weighted by Crippen LogP contribution is -2.27. The van der Waals surface area contributed by atoms with E-state index < -0.39 is 10.1 Å². The molecule has 1 aromatic carbocycles. The second-order valence-corrected chi connectivity index (χ2v) is 6.97. The first-order valence-electron chi connectivity index (χ1n) is 7.64. The van der Waals surface area contributed by atoms with Crippen molar-refractivity contribution in [3.05, 3.63) is 29.8 Å². The minimum atomic E-state index is -4.02. The van der Waals surface area contributed by atoms with Gasteiger partial charge in [-0.1, -0.05) is 37.0 Å². The van der Waals surface area contributed by atoms with Gasteiger partial charge in [0.25, 0.3) is 10.1 Å². The summed E-state index contributed by atoms with van der Waals surface area (Å²) in [6.07, 6.45) is 8.05. The quantitative estimate of drug-likeness (QED) is 0.283. The van der Waals surface area contributed by atoms with Gasteiger partial charge in [0.1, 0.15) is 0 Å². The third kappa shape index (κ3) is 8.04. The molecule has 0 aliphatic heterocycles. The molecule has 0 bridgehead atoms. The number of nitrogens with two attached hydrogens (primary N) is 1. The molecule has 0 saturated heterocycles. The summed E-state index contributed by atoms with van der Waals surface area (Å²) in [6, 6.07) is 5.99. The molecule has 8 nitrogen and oxygen atoms in total. The number of nitrogens with zero attached hydrogens (tertiary/aromatic N) is 2. The average Bonchev–Trinajstić information content (AvgIpc) is 2.56. The molecule has 1 fully saturated rings. The molecule has 1 aliphatic rings. The van der Waals surface area contributed by atoms with Gasteiger partial charge in [0.15, 0.2) is 0 Å². The Balaban J connectivity index is 0.000000243. The molecule has 9 heteroatoms. The Kier molecular flexibility index (Phi) is 8.37. The summed E-state index contributed by atoms with van der Waals surface area (Å²) < 4.78 is 29.6. The summed E-state index contributed by atoms with van der Waals surface area (Å²) in [6.45, 7) is 1.84. The molecule has 0 radical (unpaired) electrons. The SMILES string of the molecule is Cc1ccc(S(=O)(=O)O)cc1.N/C(=N/N=C/C1CCCCC1)NO. The fourth-order valence-electron chi connectivity index (χ4n) is 2.21. The molecule has 24 heavy (non-hydrogen) atoms. The molecule has 0 unspecified atom stereocenters. The second kappa shape index (κ2) is 10.0. The molecule has 0 atom stereocenters. The highest BCUT2D eigenvalue weighted by Crippen LogP contribution is 2.21. The van der Waals surface area contributed by atoms with Crippen LogP contribution < -0.4 is 11.2 Å². The first-order chi connectivity index (χ1) is 11.3. The van der Waals surface area contributed by atoms with E-state index >= 15 is 0 Å². The maximum Gasteiger partial charge on any atom is 0.294 e. The summed E-state index contributed by atoms with van der Waals surface area (Å²) in [5, 5.41) is 15.6. The predicted molar refractivity (Wildman–Crippen MR) is 92.6 cm³/mol. The Bertz CT molecular complexity index is 651. The number of hydrogen-bond acceptors (Lipinski definition) is 5. The van der Waals surface area contributed by atoms with Gasteiger partial charge in [-0.05, 0) is 37.8 Å². The van der Waals surface area contributed by atoms with Gasteiger partial charge in [-0.15, -0.1) is 5.10 Å². The molecule has 0 spiro atoms. The number of benzene rings is 1. The van der Waals surface area contributed by atoms with Crippen molar-refractivity contribution in [2.45, 2.75) is 43.9 Å². The third-order valence-corrected chi connectivity index (χ3v) is 4.39. The Labute approximate surface area is 142 Å². The minimum absolute atomic E-state index is 0.0666. The smallest absolute Gasteiger partial charge is 0.294 e. The lowest BCUT2D eigenvalue weighted by atomic mass is 9.90. The van der Waals surface area contributed by atoms with Gasteiger partial charge in [-0.3, -0.25) is 9.76 Å². The molecule has 0 amide bonds. The zero-order chi connectivity index (χ0) is 18.0. The highest BCUT2D eigenvalue weighted by atomic mass is 32.2. The minimum Gasteiger partial charge on any atom is -0.367 e. The summed E-state index contributed by atoms with van der Waals surface area (Å²) >= 11 is 0. The Morgan fingerprint density at radius 1 is 1.25 bits per heavy atom. The van der Waals surface area contributed by atoms with E-state index in [-0.39, 0.29) is 10.9 Å². The third-order valence-electron chi connectivity index (χ3n) is 3.53. The van der Waals surface area contributed by atoms with Gasteiger partial charge in [0.05, 0.1) is 4.90 Å². The summed E-state index contributed by atoms with van der Waals surface area (Å²) in [5.74, 6) is 0.455. The molecule has 0 aromatic heterocycles. The van der Waals surface area contributed by atoms with E-state index in [9.17, 15) is 8.42 Å². The lowest BCUT2D eigenvalue weighted by molar-refractivity contribution is 0.232. The van der Waals surface area contributed by atoms with Crippen molar-refractivity contribution in [2.24, 2.45) is 21.9 Å². The van der Waals surface area contributed by atoms with Gasteiger partial charge >= 0.3 is 0 Å². The topological polar surface area (TPSA) is 137 Å². The van der Waals surface area contributed by atoms with E-state index in [1.165, 1.54) is 44.2 Å².